The van der Waals surface area contributed by atoms with Gasteiger partial charge in [0.15, 0.2) is 0 Å². The molecule has 0 fully saturated rings. The van der Waals surface area contributed by atoms with Crippen molar-refractivity contribution in [3.05, 3.63) is 24.6 Å². The normalized spacial score (nSPS) is 16.1. The van der Waals surface area contributed by atoms with E-state index in [1.54, 1.807) is 0 Å². The van der Waals surface area contributed by atoms with Crippen molar-refractivity contribution >= 4 is 37.5 Å². The monoisotopic (exact) mass is 379 g/mol. The second-order valence-electron chi connectivity index (χ2n) is 4.64. The zero-order chi connectivity index (χ0) is 13.7. The van der Waals surface area contributed by atoms with Crippen molar-refractivity contribution in [2.24, 2.45) is 0 Å². The Hall–Kier alpha value is -0.820. The van der Waals surface area contributed by atoms with Crippen LogP contribution in [0, 0.1) is 10.1 Å². The molecule has 0 atom stereocenters. The smallest absolute Gasteiger partial charge is 0.305 e. The van der Waals surface area contributed by atoms with Crippen LogP contribution in [0.2, 0.25) is 0 Å². The SMILES string of the molecule is COc1c(Br)c([N+](=O)[O-])c(Br)c2c1C(C)(C)CO2. The third kappa shape index (κ3) is 1.80. The number of benzene rings is 1. The molecule has 0 bridgehead atoms. The highest BCUT2D eigenvalue weighted by molar-refractivity contribution is 9.11. The topological polar surface area (TPSA) is 61.6 Å². The predicted octanol–water partition coefficient (Wildman–Crippen LogP) is 3.80. The van der Waals surface area contributed by atoms with Crippen LogP contribution in [0.1, 0.15) is 19.4 Å². The number of rotatable bonds is 2. The van der Waals surface area contributed by atoms with E-state index in [1.807, 2.05) is 13.8 Å². The summed E-state index contributed by atoms with van der Waals surface area (Å²) in [5.41, 5.74) is 0.513. The van der Waals surface area contributed by atoms with Crippen LogP contribution in [0.3, 0.4) is 0 Å². The van der Waals surface area contributed by atoms with E-state index < -0.39 is 4.92 Å². The lowest BCUT2D eigenvalue weighted by Crippen LogP contribution is -2.19. The summed E-state index contributed by atoms with van der Waals surface area (Å²) in [6.07, 6.45) is 0. The maximum absolute atomic E-state index is 11.1. The van der Waals surface area contributed by atoms with E-state index in [0.29, 0.717) is 27.1 Å². The second kappa shape index (κ2) is 4.38. The van der Waals surface area contributed by atoms with Crippen molar-refractivity contribution in [2.75, 3.05) is 13.7 Å². The van der Waals surface area contributed by atoms with Gasteiger partial charge in [0.2, 0.25) is 0 Å². The minimum atomic E-state index is -0.467. The minimum Gasteiger partial charge on any atom is -0.495 e. The zero-order valence-corrected chi connectivity index (χ0v) is 13.2. The van der Waals surface area contributed by atoms with E-state index in [0.717, 1.165) is 5.56 Å². The lowest BCUT2D eigenvalue weighted by molar-refractivity contribution is -0.386. The highest BCUT2D eigenvalue weighted by atomic mass is 79.9. The molecule has 2 rings (SSSR count). The van der Waals surface area contributed by atoms with Crippen LogP contribution < -0.4 is 9.47 Å². The molecule has 1 heterocycles. The van der Waals surface area contributed by atoms with Crippen molar-refractivity contribution < 1.29 is 14.4 Å². The molecular formula is C11H11Br2NO4. The molecule has 0 aromatic heterocycles. The molecule has 1 aromatic rings. The van der Waals surface area contributed by atoms with Crippen LogP contribution in [0.4, 0.5) is 5.69 Å². The number of nitro benzene ring substituents is 1. The zero-order valence-electron chi connectivity index (χ0n) is 10.0. The molecule has 0 spiro atoms. The van der Waals surface area contributed by atoms with E-state index in [2.05, 4.69) is 31.9 Å². The number of halogens is 2. The van der Waals surface area contributed by atoms with Crippen molar-refractivity contribution in [1.82, 2.24) is 0 Å². The van der Waals surface area contributed by atoms with Gasteiger partial charge in [-0.15, -0.1) is 0 Å². The van der Waals surface area contributed by atoms with Crippen molar-refractivity contribution in [2.45, 2.75) is 19.3 Å². The first kappa shape index (κ1) is 13.6. The average molecular weight is 381 g/mol. The Kier molecular flexibility index (Phi) is 3.31. The molecule has 0 saturated carbocycles. The van der Waals surface area contributed by atoms with E-state index in [1.165, 1.54) is 7.11 Å². The number of nitrogens with zero attached hydrogens (tertiary/aromatic N) is 1. The fraction of sp³-hybridized carbons (Fsp3) is 0.455. The van der Waals surface area contributed by atoms with Gasteiger partial charge in [0, 0.05) is 11.0 Å². The molecule has 1 aliphatic rings. The highest BCUT2D eigenvalue weighted by Crippen LogP contribution is 2.55. The fourth-order valence-electron chi connectivity index (χ4n) is 2.06. The summed E-state index contributed by atoms with van der Waals surface area (Å²) in [5.74, 6) is 0.953. The van der Waals surface area contributed by atoms with Crippen LogP contribution in [-0.4, -0.2) is 18.6 Å². The van der Waals surface area contributed by atoms with Crippen molar-refractivity contribution in [3.63, 3.8) is 0 Å². The molecular weight excluding hydrogens is 370 g/mol. The third-order valence-corrected chi connectivity index (χ3v) is 4.38. The van der Waals surface area contributed by atoms with Crippen LogP contribution >= 0.6 is 31.9 Å². The first-order chi connectivity index (χ1) is 8.31. The number of hydrogen-bond donors (Lipinski definition) is 0. The summed E-state index contributed by atoms with van der Waals surface area (Å²) in [4.78, 5) is 10.6. The first-order valence-corrected chi connectivity index (χ1v) is 6.76. The molecule has 18 heavy (non-hydrogen) atoms. The number of fused-ring (bicyclic) bond motifs is 1. The van der Waals surface area contributed by atoms with Gasteiger partial charge in [-0.1, -0.05) is 13.8 Å². The number of hydrogen-bond acceptors (Lipinski definition) is 4. The summed E-state index contributed by atoms with van der Waals surface area (Å²) in [5, 5.41) is 11.1. The Morgan fingerprint density at radius 1 is 1.39 bits per heavy atom. The Morgan fingerprint density at radius 3 is 2.50 bits per heavy atom. The molecule has 0 unspecified atom stereocenters. The summed E-state index contributed by atoms with van der Waals surface area (Å²) >= 11 is 6.49. The summed E-state index contributed by atoms with van der Waals surface area (Å²) in [6, 6.07) is 0. The van der Waals surface area contributed by atoms with Gasteiger partial charge in [0.1, 0.15) is 20.4 Å². The summed E-state index contributed by atoms with van der Waals surface area (Å²) in [7, 11) is 1.49. The van der Waals surface area contributed by atoms with Gasteiger partial charge in [-0.05, 0) is 31.9 Å². The Morgan fingerprint density at radius 2 is 2.00 bits per heavy atom. The van der Waals surface area contributed by atoms with Gasteiger partial charge in [-0.25, -0.2) is 0 Å². The fourth-order valence-corrected chi connectivity index (χ4v) is 3.69. The summed E-state index contributed by atoms with van der Waals surface area (Å²) < 4.78 is 11.6. The van der Waals surface area contributed by atoms with E-state index >= 15 is 0 Å². The largest absolute Gasteiger partial charge is 0.495 e. The average Bonchev–Trinajstić information content (AvgIpc) is 2.56. The highest BCUT2D eigenvalue weighted by Gasteiger charge is 2.42. The molecule has 0 amide bonds. The number of nitro groups is 1. The van der Waals surface area contributed by atoms with Gasteiger partial charge < -0.3 is 9.47 Å². The van der Waals surface area contributed by atoms with Gasteiger partial charge >= 0.3 is 5.69 Å². The maximum atomic E-state index is 11.1. The lowest BCUT2D eigenvalue weighted by atomic mass is 9.86. The van der Waals surface area contributed by atoms with E-state index in [-0.39, 0.29) is 11.1 Å². The predicted molar refractivity (Wildman–Crippen MR) is 73.6 cm³/mol. The summed E-state index contributed by atoms with van der Waals surface area (Å²) in [6.45, 7) is 4.48. The molecule has 0 N–H and O–H groups in total. The molecule has 7 heteroatoms. The van der Waals surface area contributed by atoms with E-state index in [9.17, 15) is 10.1 Å². The Balaban J connectivity index is 2.86. The van der Waals surface area contributed by atoms with Gasteiger partial charge in [0.05, 0.1) is 18.6 Å². The van der Waals surface area contributed by atoms with Crippen LogP contribution in [-0.2, 0) is 5.41 Å². The standard InChI is InChI=1S/C11H11Br2NO4/c1-11(2)4-18-10-5(11)9(17-3)6(12)8(7(10)13)14(15)16/h4H2,1-3H3. The van der Waals surface area contributed by atoms with Crippen LogP contribution in [0.25, 0.3) is 0 Å². The minimum absolute atomic E-state index is 0.0803. The molecule has 0 radical (unpaired) electrons. The molecule has 1 aromatic carbocycles. The quantitative estimate of drug-likeness (QED) is 0.578. The second-order valence-corrected chi connectivity index (χ2v) is 6.23. The first-order valence-electron chi connectivity index (χ1n) is 5.18. The Bertz CT molecular complexity index is 543. The lowest BCUT2D eigenvalue weighted by Gasteiger charge is -2.19. The van der Waals surface area contributed by atoms with Crippen LogP contribution in [0.15, 0.2) is 8.95 Å². The molecule has 1 aliphatic heterocycles. The molecule has 5 nitrogen and oxygen atoms in total. The number of ether oxygens (including phenoxy) is 2. The molecule has 0 aliphatic carbocycles. The molecule has 0 saturated heterocycles. The van der Waals surface area contributed by atoms with Gasteiger partial charge in [-0.2, -0.15) is 0 Å². The third-order valence-electron chi connectivity index (χ3n) is 2.91. The van der Waals surface area contributed by atoms with Gasteiger partial charge in [0.25, 0.3) is 0 Å². The van der Waals surface area contributed by atoms with Gasteiger partial charge in [-0.3, -0.25) is 10.1 Å². The molecule has 98 valence electrons. The Labute approximate surface area is 121 Å². The van der Waals surface area contributed by atoms with Crippen LogP contribution in [0.5, 0.6) is 11.5 Å². The van der Waals surface area contributed by atoms with Crippen molar-refractivity contribution in [1.29, 1.82) is 0 Å². The van der Waals surface area contributed by atoms with Crippen molar-refractivity contribution in [3.8, 4) is 11.5 Å². The number of methoxy groups -OCH3 is 1. The maximum Gasteiger partial charge on any atom is 0.305 e. The van der Waals surface area contributed by atoms with E-state index in [4.69, 9.17) is 9.47 Å².